The Morgan fingerprint density at radius 2 is 2.07 bits per heavy atom. The van der Waals surface area contributed by atoms with E-state index in [-0.39, 0.29) is 11.4 Å². The first-order valence-electron chi connectivity index (χ1n) is 3.79. The van der Waals surface area contributed by atoms with Gasteiger partial charge in [-0.2, -0.15) is 0 Å². The lowest BCUT2D eigenvalue weighted by atomic mass is 10.0. The molecule has 2 nitrogen and oxygen atoms in total. The van der Waals surface area contributed by atoms with Crippen molar-refractivity contribution in [1.29, 1.82) is 0 Å². The third-order valence-electron chi connectivity index (χ3n) is 1.77. The maximum absolute atomic E-state index is 13.1. The van der Waals surface area contributed by atoms with E-state index in [0.29, 0.717) is 5.56 Å². The van der Waals surface area contributed by atoms with Crippen molar-refractivity contribution in [3.05, 3.63) is 34.9 Å². The maximum Gasteiger partial charge on any atom is 0.307 e. The van der Waals surface area contributed by atoms with Crippen molar-refractivity contribution in [2.75, 3.05) is 0 Å². The number of rotatable bonds is 3. The molecule has 5 heteroatoms. The van der Waals surface area contributed by atoms with Gasteiger partial charge in [-0.05, 0) is 11.6 Å². The van der Waals surface area contributed by atoms with Gasteiger partial charge in [-0.25, -0.2) is 8.78 Å². The number of benzene rings is 1. The number of alkyl halides is 1. The molecule has 0 saturated heterocycles. The quantitative estimate of drug-likeness (QED) is 0.794. The second kappa shape index (κ2) is 4.37. The van der Waals surface area contributed by atoms with Gasteiger partial charge < -0.3 is 5.11 Å². The number of hydrogen-bond acceptors (Lipinski definition) is 1. The van der Waals surface area contributed by atoms with Crippen molar-refractivity contribution in [3.8, 4) is 0 Å². The molecule has 0 aliphatic carbocycles. The molecule has 0 heterocycles. The molecule has 0 aromatic heterocycles. The summed E-state index contributed by atoms with van der Waals surface area (Å²) in [7, 11) is 0. The summed E-state index contributed by atoms with van der Waals surface area (Å²) in [5, 5.41) is 8.47. The normalized spacial score (nSPS) is 10.2. The van der Waals surface area contributed by atoms with Crippen LogP contribution in [0.2, 0.25) is 0 Å². The van der Waals surface area contributed by atoms with Gasteiger partial charge in [-0.3, -0.25) is 4.79 Å². The Labute approximate surface area is 84.1 Å². The molecule has 0 amide bonds. The molecule has 0 fully saturated rings. The molecule has 0 spiro atoms. The molecule has 0 atom stereocenters. The van der Waals surface area contributed by atoms with Gasteiger partial charge in [0, 0.05) is 11.4 Å². The molecule has 0 radical (unpaired) electrons. The first kappa shape index (κ1) is 10.9. The third-order valence-corrected chi connectivity index (χ3v) is 2.05. The number of hydrogen-bond donors (Lipinski definition) is 1. The Kier molecular flexibility index (Phi) is 3.41. The Bertz CT molecular complexity index is 366. The van der Waals surface area contributed by atoms with Crippen LogP contribution in [0.5, 0.6) is 0 Å². The molecule has 1 rings (SSSR count). The third kappa shape index (κ3) is 2.20. The van der Waals surface area contributed by atoms with E-state index in [9.17, 15) is 13.6 Å². The van der Waals surface area contributed by atoms with Gasteiger partial charge >= 0.3 is 5.97 Å². The number of carbonyl (C=O) groups is 1. The summed E-state index contributed by atoms with van der Waals surface area (Å²) < 4.78 is 25.8. The number of carboxylic acids is 1. The summed E-state index contributed by atoms with van der Waals surface area (Å²) in [6.45, 7) is 0. The fourth-order valence-corrected chi connectivity index (χ4v) is 1.35. The van der Waals surface area contributed by atoms with Crippen LogP contribution in [0.4, 0.5) is 8.78 Å². The molecule has 1 N–H and O–H groups in total. The molecule has 0 aliphatic heterocycles. The van der Waals surface area contributed by atoms with Crippen LogP contribution >= 0.6 is 11.6 Å². The van der Waals surface area contributed by atoms with Crippen molar-refractivity contribution < 1.29 is 18.7 Å². The molecule has 1 aromatic rings. The topological polar surface area (TPSA) is 37.3 Å². The summed E-state index contributed by atoms with van der Waals surface area (Å²) in [5.74, 6) is -3.46. The van der Waals surface area contributed by atoms with Crippen LogP contribution in [0.3, 0.4) is 0 Å². The van der Waals surface area contributed by atoms with E-state index in [4.69, 9.17) is 16.7 Å². The fourth-order valence-electron chi connectivity index (χ4n) is 1.10. The van der Waals surface area contributed by atoms with Crippen molar-refractivity contribution in [3.63, 3.8) is 0 Å². The SMILES string of the molecule is O=C(O)Cc1c(CCl)ccc(F)c1F. The highest BCUT2D eigenvalue weighted by Gasteiger charge is 2.15. The number of halogens is 3. The van der Waals surface area contributed by atoms with E-state index in [0.717, 1.165) is 6.07 Å². The van der Waals surface area contributed by atoms with Gasteiger partial charge in [-0.15, -0.1) is 11.6 Å². The minimum absolute atomic E-state index is 0.0419. The zero-order valence-electron chi connectivity index (χ0n) is 7.06. The van der Waals surface area contributed by atoms with Gasteiger partial charge in [0.15, 0.2) is 11.6 Å². The largest absolute Gasteiger partial charge is 0.481 e. The summed E-state index contributed by atoms with van der Waals surface area (Å²) in [5.41, 5.74) is 0.112. The van der Waals surface area contributed by atoms with E-state index >= 15 is 0 Å². The Balaban J connectivity index is 3.20. The van der Waals surface area contributed by atoms with E-state index in [1.165, 1.54) is 6.07 Å². The molecule has 0 unspecified atom stereocenters. The van der Waals surface area contributed by atoms with Crippen molar-refractivity contribution >= 4 is 17.6 Å². The molecule has 0 bridgehead atoms. The van der Waals surface area contributed by atoms with Crippen LogP contribution in [0.25, 0.3) is 0 Å². The predicted octanol–water partition coefficient (Wildman–Crippen LogP) is 2.33. The molecule has 0 aliphatic rings. The molecule has 0 saturated carbocycles. The predicted molar refractivity (Wildman–Crippen MR) is 47.3 cm³/mol. The number of carboxylic acid groups (broad SMARTS) is 1. The second-order valence-electron chi connectivity index (χ2n) is 2.70. The van der Waals surface area contributed by atoms with Crippen LogP contribution < -0.4 is 0 Å². The van der Waals surface area contributed by atoms with Crippen molar-refractivity contribution in [2.24, 2.45) is 0 Å². The average Bonchev–Trinajstić information content (AvgIpc) is 2.13. The van der Waals surface area contributed by atoms with E-state index < -0.39 is 24.0 Å². The van der Waals surface area contributed by atoms with E-state index in [2.05, 4.69) is 0 Å². The Morgan fingerprint density at radius 3 is 2.57 bits per heavy atom. The smallest absolute Gasteiger partial charge is 0.307 e. The van der Waals surface area contributed by atoms with Gasteiger partial charge in [0.2, 0.25) is 0 Å². The summed E-state index contributed by atoms with van der Waals surface area (Å²) in [4.78, 5) is 10.4. The lowest BCUT2D eigenvalue weighted by Crippen LogP contribution is -2.07. The minimum atomic E-state index is -1.22. The van der Waals surface area contributed by atoms with Crippen LogP contribution in [0, 0.1) is 11.6 Å². The van der Waals surface area contributed by atoms with Crippen molar-refractivity contribution in [2.45, 2.75) is 12.3 Å². The van der Waals surface area contributed by atoms with Gasteiger partial charge in [0.25, 0.3) is 0 Å². The summed E-state index contributed by atoms with van der Waals surface area (Å²) >= 11 is 5.46. The lowest BCUT2D eigenvalue weighted by Gasteiger charge is -2.06. The molecule has 14 heavy (non-hydrogen) atoms. The van der Waals surface area contributed by atoms with Crippen LogP contribution in [0.1, 0.15) is 11.1 Å². The minimum Gasteiger partial charge on any atom is -0.481 e. The first-order valence-corrected chi connectivity index (χ1v) is 4.33. The molecular formula is C9H7ClF2O2. The highest BCUT2D eigenvalue weighted by Crippen LogP contribution is 2.19. The van der Waals surface area contributed by atoms with Gasteiger partial charge in [-0.1, -0.05) is 6.07 Å². The first-order chi connectivity index (χ1) is 6.56. The maximum atomic E-state index is 13.1. The fraction of sp³-hybridized carbons (Fsp3) is 0.222. The van der Waals surface area contributed by atoms with Crippen LogP contribution in [-0.4, -0.2) is 11.1 Å². The molecule has 76 valence electrons. The van der Waals surface area contributed by atoms with Crippen LogP contribution in [0.15, 0.2) is 12.1 Å². The lowest BCUT2D eigenvalue weighted by molar-refractivity contribution is -0.136. The van der Waals surface area contributed by atoms with Crippen LogP contribution in [-0.2, 0) is 17.1 Å². The monoisotopic (exact) mass is 220 g/mol. The molecular weight excluding hydrogens is 214 g/mol. The zero-order valence-corrected chi connectivity index (χ0v) is 7.81. The Morgan fingerprint density at radius 1 is 1.43 bits per heavy atom. The average molecular weight is 221 g/mol. The number of aliphatic carboxylic acids is 1. The van der Waals surface area contributed by atoms with E-state index in [1.54, 1.807) is 0 Å². The highest BCUT2D eigenvalue weighted by atomic mass is 35.5. The van der Waals surface area contributed by atoms with Crippen molar-refractivity contribution in [1.82, 2.24) is 0 Å². The van der Waals surface area contributed by atoms with Gasteiger partial charge in [0.1, 0.15) is 0 Å². The summed E-state index contributed by atoms with van der Waals surface area (Å²) in [6.07, 6.45) is -0.564. The standard InChI is InChI=1S/C9H7ClF2O2/c10-4-5-1-2-7(11)9(12)6(5)3-8(13)14/h1-2H,3-4H2,(H,13,14). The van der Waals surface area contributed by atoms with E-state index in [1.807, 2.05) is 0 Å². The second-order valence-corrected chi connectivity index (χ2v) is 2.97. The molecule has 1 aromatic carbocycles. The zero-order chi connectivity index (χ0) is 10.7. The summed E-state index contributed by atoms with van der Waals surface area (Å²) in [6, 6.07) is 2.21. The highest BCUT2D eigenvalue weighted by molar-refractivity contribution is 6.17. The Hall–Kier alpha value is -1.16. The van der Waals surface area contributed by atoms with Gasteiger partial charge in [0.05, 0.1) is 6.42 Å².